The molecule has 0 saturated heterocycles. The Morgan fingerprint density at radius 3 is 2.73 bits per heavy atom. The Bertz CT molecular complexity index is 979. The predicted molar refractivity (Wildman–Crippen MR) is 100 cm³/mol. The molecule has 1 N–H and O–H groups in total. The third kappa shape index (κ3) is 4.06. The zero-order valence-corrected chi connectivity index (χ0v) is 15.4. The van der Waals surface area contributed by atoms with Crippen LogP contribution < -0.4 is 10.1 Å². The Hall–Kier alpha value is -2.37. The lowest BCUT2D eigenvalue weighted by Gasteiger charge is -2.12. The number of amides is 1. The molecule has 0 aliphatic carbocycles. The van der Waals surface area contributed by atoms with Gasteiger partial charge in [-0.2, -0.15) is 0 Å². The van der Waals surface area contributed by atoms with Crippen molar-refractivity contribution in [3.05, 3.63) is 69.6 Å². The van der Waals surface area contributed by atoms with Gasteiger partial charge in [0.2, 0.25) is 0 Å². The molecule has 0 bridgehead atoms. The molecule has 3 rings (SSSR count). The normalized spacial score (nSPS) is 10.8. The molecule has 7 heteroatoms. The first-order chi connectivity index (χ1) is 12.5. The molecule has 0 atom stereocenters. The molecule has 134 valence electrons. The van der Waals surface area contributed by atoms with Gasteiger partial charge in [-0.3, -0.25) is 4.79 Å². The highest BCUT2D eigenvalue weighted by Crippen LogP contribution is 2.37. The second-order valence-electron chi connectivity index (χ2n) is 5.67. The summed E-state index contributed by atoms with van der Waals surface area (Å²) in [6.45, 7) is 1.63. The maximum absolute atomic E-state index is 13.6. The number of nitrogens with zero attached hydrogens (tertiary/aromatic N) is 1. The van der Waals surface area contributed by atoms with Crippen molar-refractivity contribution < 1.29 is 13.9 Å². The number of ether oxygens (including phenoxy) is 1. The lowest BCUT2D eigenvalue weighted by molar-refractivity contribution is -0.123. The average molecular weight is 393 g/mol. The van der Waals surface area contributed by atoms with Crippen LogP contribution in [-0.2, 0) is 11.3 Å². The molecule has 1 aromatic heterocycles. The van der Waals surface area contributed by atoms with E-state index >= 15 is 0 Å². The van der Waals surface area contributed by atoms with Crippen molar-refractivity contribution in [3.63, 3.8) is 0 Å². The minimum atomic E-state index is -0.403. The van der Waals surface area contributed by atoms with Crippen LogP contribution in [0.4, 0.5) is 4.39 Å². The first-order valence-corrected chi connectivity index (χ1v) is 8.59. The number of carbonyl (C=O) groups is 1. The fourth-order valence-corrected chi connectivity index (χ4v) is 3.02. The van der Waals surface area contributed by atoms with Crippen LogP contribution in [0, 0.1) is 12.7 Å². The number of aromatic nitrogens is 1. The van der Waals surface area contributed by atoms with Crippen LogP contribution in [0.2, 0.25) is 10.0 Å². The fraction of sp³-hybridized carbons (Fsp3) is 0.158. The maximum Gasteiger partial charge on any atom is 0.258 e. The highest BCUT2D eigenvalue weighted by Gasteiger charge is 2.15. The van der Waals surface area contributed by atoms with Gasteiger partial charge in [0.25, 0.3) is 5.91 Å². The molecule has 1 heterocycles. The van der Waals surface area contributed by atoms with E-state index < -0.39 is 5.91 Å². The van der Waals surface area contributed by atoms with Crippen LogP contribution in [0.3, 0.4) is 0 Å². The number of aryl methyl sites for hydroxylation is 1. The van der Waals surface area contributed by atoms with Gasteiger partial charge in [-0.1, -0.05) is 41.4 Å². The summed E-state index contributed by atoms with van der Waals surface area (Å²) in [6.07, 6.45) is 0. The summed E-state index contributed by atoms with van der Waals surface area (Å²) in [6, 6.07) is 11.4. The molecule has 3 aromatic rings. The zero-order valence-electron chi connectivity index (χ0n) is 13.9. The van der Waals surface area contributed by atoms with Gasteiger partial charge < -0.3 is 10.1 Å². The monoisotopic (exact) mass is 392 g/mol. The SMILES string of the molecule is Cc1ccc2c(Cl)cc(Cl)c(OCC(=O)NCc3ccccc3F)c2n1. The van der Waals surface area contributed by atoms with Crippen molar-refractivity contribution in [1.82, 2.24) is 10.3 Å². The van der Waals surface area contributed by atoms with E-state index in [0.717, 1.165) is 5.69 Å². The number of halogens is 3. The molecule has 0 fully saturated rings. The second kappa shape index (κ2) is 7.89. The molecule has 4 nitrogen and oxygen atoms in total. The molecular formula is C19H15Cl2FN2O2. The smallest absolute Gasteiger partial charge is 0.258 e. The quantitative estimate of drug-likeness (QED) is 0.685. The molecule has 0 unspecified atom stereocenters. The topological polar surface area (TPSA) is 51.2 Å². The standard InChI is InChI=1S/C19H15Cl2FN2O2/c1-11-6-7-13-14(20)8-15(21)19(18(13)24-11)26-10-17(25)23-9-12-4-2-3-5-16(12)22/h2-8H,9-10H2,1H3,(H,23,25). The van der Waals surface area contributed by atoms with E-state index in [9.17, 15) is 9.18 Å². The van der Waals surface area contributed by atoms with Crippen LogP contribution >= 0.6 is 23.2 Å². The highest BCUT2D eigenvalue weighted by molar-refractivity contribution is 6.39. The first kappa shape index (κ1) is 18.4. The molecular weight excluding hydrogens is 378 g/mol. The second-order valence-corrected chi connectivity index (χ2v) is 6.49. The van der Waals surface area contributed by atoms with Gasteiger partial charge in [-0.15, -0.1) is 0 Å². The number of fused-ring (bicyclic) bond motifs is 1. The van der Waals surface area contributed by atoms with Crippen molar-refractivity contribution in [3.8, 4) is 5.75 Å². The predicted octanol–water partition coefficient (Wildman–Crippen LogP) is 4.68. The number of benzene rings is 2. The number of carbonyl (C=O) groups excluding carboxylic acids is 1. The number of hydrogen-bond donors (Lipinski definition) is 1. The van der Waals surface area contributed by atoms with Crippen molar-refractivity contribution in [2.45, 2.75) is 13.5 Å². The van der Waals surface area contributed by atoms with E-state index in [2.05, 4.69) is 10.3 Å². The lowest BCUT2D eigenvalue weighted by Crippen LogP contribution is -2.28. The van der Waals surface area contributed by atoms with Crippen LogP contribution in [0.25, 0.3) is 10.9 Å². The van der Waals surface area contributed by atoms with Crippen molar-refractivity contribution in [2.24, 2.45) is 0 Å². The van der Waals surface area contributed by atoms with E-state index in [4.69, 9.17) is 27.9 Å². The van der Waals surface area contributed by atoms with Crippen LogP contribution in [-0.4, -0.2) is 17.5 Å². The fourth-order valence-electron chi connectivity index (χ4n) is 2.45. The molecule has 1 amide bonds. The molecule has 0 aliphatic rings. The summed E-state index contributed by atoms with van der Waals surface area (Å²) in [5.74, 6) is -0.490. The maximum atomic E-state index is 13.6. The van der Waals surface area contributed by atoms with E-state index in [-0.39, 0.29) is 29.7 Å². The molecule has 26 heavy (non-hydrogen) atoms. The van der Waals surface area contributed by atoms with Crippen molar-refractivity contribution in [2.75, 3.05) is 6.61 Å². The number of nitrogens with one attached hydrogen (secondary N) is 1. The highest BCUT2D eigenvalue weighted by atomic mass is 35.5. The number of hydrogen-bond acceptors (Lipinski definition) is 3. The molecule has 0 radical (unpaired) electrons. The zero-order chi connectivity index (χ0) is 18.7. The molecule has 2 aromatic carbocycles. The van der Waals surface area contributed by atoms with Gasteiger partial charge in [0.15, 0.2) is 12.4 Å². The Balaban J connectivity index is 1.72. The Labute approximate surface area is 159 Å². The van der Waals surface area contributed by atoms with Gasteiger partial charge in [0, 0.05) is 23.2 Å². The Morgan fingerprint density at radius 1 is 1.19 bits per heavy atom. The van der Waals surface area contributed by atoms with Crippen LogP contribution in [0.1, 0.15) is 11.3 Å². The van der Waals surface area contributed by atoms with Gasteiger partial charge in [-0.05, 0) is 31.2 Å². The third-order valence-corrected chi connectivity index (χ3v) is 4.35. The summed E-state index contributed by atoms with van der Waals surface area (Å²) in [4.78, 5) is 16.4. The first-order valence-electron chi connectivity index (χ1n) is 7.84. The van der Waals surface area contributed by atoms with Gasteiger partial charge >= 0.3 is 0 Å². The van der Waals surface area contributed by atoms with Gasteiger partial charge in [0.05, 0.1) is 10.0 Å². The Morgan fingerprint density at radius 2 is 1.96 bits per heavy atom. The summed E-state index contributed by atoms with van der Waals surface area (Å²) in [5, 5.41) is 4.01. The van der Waals surface area contributed by atoms with Gasteiger partial charge in [-0.25, -0.2) is 9.37 Å². The Kier molecular flexibility index (Phi) is 5.59. The van der Waals surface area contributed by atoms with Crippen LogP contribution in [0.15, 0.2) is 42.5 Å². The summed E-state index contributed by atoms with van der Waals surface area (Å²) >= 11 is 12.4. The van der Waals surface area contributed by atoms with E-state index in [1.807, 2.05) is 19.1 Å². The summed E-state index contributed by atoms with van der Waals surface area (Å²) in [7, 11) is 0. The van der Waals surface area contributed by atoms with E-state index in [1.165, 1.54) is 6.07 Å². The average Bonchev–Trinajstić information content (AvgIpc) is 2.60. The minimum Gasteiger partial charge on any atom is -0.480 e. The summed E-state index contributed by atoms with van der Waals surface area (Å²) < 4.78 is 19.2. The third-order valence-electron chi connectivity index (χ3n) is 3.76. The van der Waals surface area contributed by atoms with Crippen LogP contribution in [0.5, 0.6) is 5.75 Å². The van der Waals surface area contributed by atoms with E-state index in [0.29, 0.717) is 21.5 Å². The molecule has 0 spiro atoms. The lowest BCUT2D eigenvalue weighted by atomic mass is 10.2. The van der Waals surface area contributed by atoms with Gasteiger partial charge in [0.1, 0.15) is 11.3 Å². The largest absolute Gasteiger partial charge is 0.480 e. The van der Waals surface area contributed by atoms with E-state index in [1.54, 1.807) is 24.3 Å². The van der Waals surface area contributed by atoms with Crippen molar-refractivity contribution >= 4 is 40.0 Å². The molecule has 0 aliphatic heterocycles. The van der Waals surface area contributed by atoms with Crippen molar-refractivity contribution in [1.29, 1.82) is 0 Å². The molecule has 0 saturated carbocycles. The number of pyridine rings is 1. The minimum absolute atomic E-state index is 0.0708. The number of rotatable bonds is 5. The summed E-state index contributed by atoms with van der Waals surface area (Å²) in [5.41, 5.74) is 1.65.